The molecule has 0 aliphatic rings. The molecule has 0 radical (unpaired) electrons. The fourth-order valence-electron chi connectivity index (χ4n) is 2.16. The van der Waals surface area contributed by atoms with E-state index in [0.717, 1.165) is 5.56 Å². The number of ketones is 1. The Morgan fingerprint density at radius 2 is 1.67 bits per heavy atom. The molecule has 2 aromatic carbocycles. The zero-order chi connectivity index (χ0) is 15.2. The average molecular weight is 286 g/mol. The van der Waals surface area contributed by atoms with Crippen molar-refractivity contribution in [2.45, 2.75) is 6.61 Å². The van der Waals surface area contributed by atoms with E-state index in [2.05, 4.69) is 0 Å². The molecule has 0 saturated heterocycles. The SMILES string of the molecule is COCc1ccccc1C(=O)c1ccc(OC)c(OC)c1. The molecule has 4 nitrogen and oxygen atoms in total. The van der Waals surface area contributed by atoms with E-state index in [1.807, 2.05) is 18.2 Å². The zero-order valence-corrected chi connectivity index (χ0v) is 12.4. The van der Waals surface area contributed by atoms with Crippen LogP contribution in [0.2, 0.25) is 0 Å². The number of carbonyl (C=O) groups excluding carboxylic acids is 1. The van der Waals surface area contributed by atoms with E-state index in [9.17, 15) is 4.79 Å². The molecule has 2 aromatic rings. The molecule has 0 N–H and O–H groups in total. The van der Waals surface area contributed by atoms with Crippen LogP contribution in [0.15, 0.2) is 42.5 Å². The summed E-state index contributed by atoms with van der Waals surface area (Å²) >= 11 is 0. The van der Waals surface area contributed by atoms with Crippen LogP contribution in [0.3, 0.4) is 0 Å². The Hall–Kier alpha value is -2.33. The maximum atomic E-state index is 12.7. The summed E-state index contributed by atoms with van der Waals surface area (Å²) in [6.07, 6.45) is 0. The van der Waals surface area contributed by atoms with Crippen molar-refractivity contribution in [3.8, 4) is 11.5 Å². The molecule has 0 unspecified atom stereocenters. The maximum absolute atomic E-state index is 12.7. The van der Waals surface area contributed by atoms with Crippen LogP contribution in [0.4, 0.5) is 0 Å². The first-order valence-electron chi connectivity index (χ1n) is 6.54. The van der Waals surface area contributed by atoms with E-state index in [4.69, 9.17) is 14.2 Å². The molecule has 2 rings (SSSR count). The first-order valence-corrected chi connectivity index (χ1v) is 6.54. The summed E-state index contributed by atoms with van der Waals surface area (Å²) in [7, 11) is 4.72. The number of hydrogen-bond donors (Lipinski definition) is 0. The molecular formula is C17H18O4. The predicted octanol–water partition coefficient (Wildman–Crippen LogP) is 3.08. The average Bonchev–Trinajstić information content (AvgIpc) is 2.54. The van der Waals surface area contributed by atoms with Crippen molar-refractivity contribution in [1.29, 1.82) is 0 Å². The number of carbonyl (C=O) groups is 1. The maximum Gasteiger partial charge on any atom is 0.193 e. The molecule has 0 aromatic heterocycles. The molecule has 0 aliphatic carbocycles. The van der Waals surface area contributed by atoms with Gasteiger partial charge in [0, 0.05) is 18.2 Å². The van der Waals surface area contributed by atoms with E-state index >= 15 is 0 Å². The van der Waals surface area contributed by atoms with Gasteiger partial charge in [0.25, 0.3) is 0 Å². The van der Waals surface area contributed by atoms with Crippen LogP contribution >= 0.6 is 0 Å². The minimum absolute atomic E-state index is 0.0661. The van der Waals surface area contributed by atoms with Crippen LogP contribution in [0.25, 0.3) is 0 Å². The standard InChI is InChI=1S/C17H18O4/c1-19-11-13-6-4-5-7-14(13)17(18)12-8-9-15(20-2)16(10-12)21-3/h4-10H,11H2,1-3H3. The molecule has 0 atom stereocenters. The monoisotopic (exact) mass is 286 g/mol. The number of benzene rings is 2. The van der Waals surface area contributed by atoms with Crippen molar-refractivity contribution in [2.75, 3.05) is 21.3 Å². The van der Waals surface area contributed by atoms with Crippen molar-refractivity contribution >= 4 is 5.78 Å². The fourth-order valence-corrected chi connectivity index (χ4v) is 2.16. The van der Waals surface area contributed by atoms with E-state index in [-0.39, 0.29) is 5.78 Å². The molecular weight excluding hydrogens is 268 g/mol. The van der Waals surface area contributed by atoms with Gasteiger partial charge in [0.1, 0.15) is 0 Å². The highest BCUT2D eigenvalue weighted by Gasteiger charge is 2.15. The van der Waals surface area contributed by atoms with Crippen molar-refractivity contribution in [1.82, 2.24) is 0 Å². The number of hydrogen-bond acceptors (Lipinski definition) is 4. The quantitative estimate of drug-likeness (QED) is 0.765. The van der Waals surface area contributed by atoms with Crippen LogP contribution in [0.5, 0.6) is 11.5 Å². The van der Waals surface area contributed by atoms with Crippen LogP contribution in [-0.2, 0) is 11.3 Å². The van der Waals surface area contributed by atoms with Gasteiger partial charge >= 0.3 is 0 Å². The lowest BCUT2D eigenvalue weighted by Crippen LogP contribution is -2.06. The summed E-state index contributed by atoms with van der Waals surface area (Å²) in [6, 6.07) is 12.6. The lowest BCUT2D eigenvalue weighted by molar-refractivity contribution is 0.103. The van der Waals surface area contributed by atoms with Crippen LogP contribution in [0.1, 0.15) is 21.5 Å². The molecule has 0 fully saturated rings. The van der Waals surface area contributed by atoms with E-state index in [1.54, 1.807) is 45.6 Å². The highest BCUT2D eigenvalue weighted by Crippen LogP contribution is 2.29. The Kier molecular flexibility index (Phi) is 4.95. The third kappa shape index (κ3) is 3.23. The lowest BCUT2D eigenvalue weighted by Gasteiger charge is -2.11. The molecule has 0 saturated carbocycles. The number of rotatable bonds is 6. The van der Waals surface area contributed by atoms with Crippen molar-refractivity contribution < 1.29 is 19.0 Å². The molecule has 0 aliphatic heterocycles. The van der Waals surface area contributed by atoms with Gasteiger partial charge in [0.15, 0.2) is 17.3 Å². The molecule has 4 heteroatoms. The Labute approximate surface area is 124 Å². The van der Waals surface area contributed by atoms with Crippen LogP contribution < -0.4 is 9.47 Å². The van der Waals surface area contributed by atoms with Gasteiger partial charge in [0.2, 0.25) is 0 Å². The smallest absolute Gasteiger partial charge is 0.193 e. The Morgan fingerprint density at radius 1 is 0.952 bits per heavy atom. The van der Waals surface area contributed by atoms with Crippen LogP contribution in [-0.4, -0.2) is 27.1 Å². The topological polar surface area (TPSA) is 44.8 Å². The second-order valence-corrected chi connectivity index (χ2v) is 4.49. The second kappa shape index (κ2) is 6.90. The molecule has 21 heavy (non-hydrogen) atoms. The largest absolute Gasteiger partial charge is 0.493 e. The van der Waals surface area contributed by atoms with Gasteiger partial charge in [0.05, 0.1) is 20.8 Å². The molecule has 0 bridgehead atoms. The number of methoxy groups -OCH3 is 3. The summed E-state index contributed by atoms with van der Waals surface area (Å²) in [6.45, 7) is 0.398. The summed E-state index contributed by atoms with van der Waals surface area (Å²) < 4.78 is 15.6. The van der Waals surface area contributed by atoms with Gasteiger partial charge in [-0.25, -0.2) is 0 Å². The van der Waals surface area contributed by atoms with Gasteiger partial charge in [-0.15, -0.1) is 0 Å². The zero-order valence-electron chi connectivity index (χ0n) is 12.4. The Morgan fingerprint density at radius 3 is 2.33 bits per heavy atom. The number of ether oxygens (including phenoxy) is 3. The fraction of sp³-hybridized carbons (Fsp3) is 0.235. The second-order valence-electron chi connectivity index (χ2n) is 4.49. The molecule has 0 heterocycles. The van der Waals surface area contributed by atoms with Crippen molar-refractivity contribution in [3.05, 3.63) is 59.2 Å². The van der Waals surface area contributed by atoms with Crippen molar-refractivity contribution in [3.63, 3.8) is 0 Å². The van der Waals surface area contributed by atoms with E-state index in [1.165, 1.54) is 0 Å². The van der Waals surface area contributed by atoms with Crippen LogP contribution in [0, 0.1) is 0 Å². The van der Waals surface area contributed by atoms with Gasteiger partial charge in [-0.1, -0.05) is 24.3 Å². The van der Waals surface area contributed by atoms with E-state index < -0.39 is 0 Å². The molecule has 0 amide bonds. The highest BCUT2D eigenvalue weighted by molar-refractivity contribution is 6.10. The first-order chi connectivity index (χ1) is 10.2. The summed E-state index contributed by atoms with van der Waals surface area (Å²) in [4.78, 5) is 12.7. The molecule has 110 valence electrons. The highest BCUT2D eigenvalue weighted by atomic mass is 16.5. The van der Waals surface area contributed by atoms with Gasteiger partial charge in [-0.3, -0.25) is 4.79 Å². The van der Waals surface area contributed by atoms with E-state index in [0.29, 0.717) is 29.2 Å². The lowest BCUT2D eigenvalue weighted by atomic mass is 9.98. The molecule has 0 spiro atoms. The summed E-state index contributed by atoms with van der Waals surface area (Å²) in [5.41, 5.74) is 2.04. The predicted molar refractivity (Wildman–Crippen MR) is 80.1 cm³/mol. The Bertz CT molecular complexity index is 634. The Balaban J connectivity index is 2.40. The summed E-state index contributed by atoms with van der Waals surface area (Å²) in [5, 5.41) is 0. The van der Waals surface area contributed by atoms with Gasteiger partial charge in [-0.2, -0.15) is 0 Å². The van der Waals surface area contributed by atoms with Gasteiger partial charge in [-0.05, 0) is 23.8 Å². The third-order valence-corrected chi connectivity index (χ3v) is 3.21. The summed E-state index contributed by atoms with van der Waals surface area (Å²) in [5.74, 6) is 1.07. The minimum Gasteiger partial charge on any atom is -0.493 e. The third-order valence-electron chi connectivity index (χ3n) is 3.21. The minimum atomic E-state index is -0.0661. The first kappa shape index (κ1) is 15.1. The van der Waals surface area contributed by atoms with Gasteiger partial charge < -0.3 is 14.2 Å². The van der Waals surface area contributed by atoms with Crippen molar-refractivity contribution in [2.24, 2.45) is 0 Å². The normalized spacial score (nSPS) is 10.2.